The molecule has 0 bridgehead atoms. The Morgan fingerprint density at radius 1 is 0.958 bits per heavy atom. The number of nitrogens with one attached hydrogen (secondary N) is 1. The van der Waals surface area contributed by atoms with Crippen LogP contribution in [0.5, 0.6) is 0 Å². The summed E-state index contributed by atoms with van der Waals surface area (Å²) in [6, 6.07) is 12.7. The molecular weight excluding hydrogens is 432 g/mol. The summed E-state index contributed by atoms with van der Waals surface area (Å²) in [7, 11) is 0. The summed E-state index contributed by atoms with van der Waals surface area (Å²) in [4.78, 5) is 1.42. The molecule has 0 fully saturated rings. The average Bonchev–Trinajstić information content (AvgIpc) is 2.85. The van der Waals surface area contributed by atoms with Gasteiger partial charge in [0.1, 0.15) is 12.6 Å². The predicted molar refractivity (Wildman–Crippen MR) is 108 cm³/mol. The van der Waals surface area contributed by atoms with Crippen LogP contribution in [-0.2, 0) is 6.54 Å². The smallest absolute Gasteiger partial charge is 0.121 e. The lowest BCUT2D eigenvalue weighted by molar-refractivity contribution is -0.899. The second-order valence-electron chi connectivity index (χ2n) is 6.25. The molecule has 0 saturated heterocycles. The number of fused-ring (bicyclic) bond motifs is 3. The summed E-state index contributed by atoms with van der Waals surface area (Å²) in [5.41, 5.74) is 2.33. The Bertz CT molecular complexity index is 796. The minimum atomic E-state index is -0.356. The highest BCUT2D eigenvalue weighted by Crippen LogP contribution is 2.33. The summed E-state index contributed by atoms with van der Waals surface area (Å²) in [6.45, 7) is 7.82. The molecule has 0 saturated carbocycles. The van der Waals surface area contributed by atoms with E-state index in [1.807, 2.05) is 0 Å². The van der Waals surface area contributed by atoms with E-state index in [0.717, 1.165) is 28.6 Å². The van der Waals surface area contributed by atoms with Gasteiger partial charge in [-0.25, -0.2) is 0 Å². The highest BCUT2D eigenvalue weighted by molar-refractivity contribution is 9.10. The van der Waals surface area contributed by atoms with E-state index >= 15 is 0 Å². The third-order valence-electron chi connectivity index (χ3n) is 4.71. The number of aliphatic hydroxyl groups is 1. The first kappa shape index (κ1) is 17.9. The molecule has 0 aliphatic heterocycles. The first-order chi connectivity index (χ1) is 11.5. The van der Waals surface area contributed by atoms with Crippen molar-refractivity contribution < 1.29 is 10.0 Å². The summed E-state index contributed by atoms with van der Waals surface area (Å²) < 4.78 is 4.39. The third-order valence-corrected chi connectivity index (χ3v) is 5.69. The van der Waals surface area contributed by atoms with Crippen molar-refractivity contribution in [3.8, 4) is 0 Å². The maximum atomic E-state index is 10.6. The molecule has 0 spiro atoms. The summed E-state index contributed by atoms with van der Waals surface area (Å²) >= 11 is 7.15. The maximum absolute atomic E-state index is 10.6. The van der Waals surface area contributed by atoms with Crippen LogP contribution in [0.25, 0.3) is 21.8 Å². The topological polar surface area (TPSA) is 29.6 Å². The van der Waals surface area contributed by atoms with E-state index in [1.165, 1.54) is 26.7 Å². The van der Waals surface area contributed by atoms with Gasteiger partial charge in [-0.05, 0) is 50.2 Å². The molecule has 2 aromatic carbocycles. The Morgan fingerprint density at radius 2 is 1.46 bits per heavy atom. The van der Waals surface area contributed by atoms with Crippen LogP contribution in [0.3, 0.4) is 0 Å². The van der Waals surface area contributed by atoms with Crippen molar-refractivity contribution in [3.05, 3.63) is 45.3 Å². The number of hydrogen-bond acceptors (Lipinski definition) is 1. The second kappa shape index (κ2) is 7.56. The van der Waals surface area contributed by atoms with Gasteiger partial charge in [-0.15, -0.1) is 0 Å². The van der Waals surface area contributed by atoms with E-state index in [0.29, 0.717) is 6.54 Å². The lowest BCUT2D eigenvalue weighted by Gasteiger charge is -2.20. The molecule has 3 nitrogen and oxygen atoms in total. The van der Waals surface area contributed by atoms with Gasteiger partial charge in [0.25, 0.3) is 0 Å². The lowest BCUT2D eigenvalue weighted by Crippen LogP contribution is -3.12. The maximum Gasteiger partial charge on any atom is 0.121 e. The van der Waals surface area contributed by atoms with Gasteiger partial charge in [0.2, 0.25) is 0 Å². The van der Waals surface area contributed by atoms with Crippen LogP contribution in [0.2, 0.25) is 0 Å². The summed E-state index contributed by atoms with van der Waals surface area (Å²) in [5.74, 6) is 0. The number of nitrogens with zero attached hydrogens (tertiary/aromatic N) is 1. The molecule has 0 aliphatic rings. The van der Waals surface area contributed by atoms with Gasteiger partial charge in [0, 0.05) is 30.8 Å². The molecule has 1 atom stereocenters. The zero-order valence-corrected chi connectivity index (χ0v) is 17.2. The van der Waals surface area contributed by atoms with Gasteiger partial charge in [0.15, 0.2) is 0 Å². The summed E-state index contributed by atoms with van der Waals surface area (Å²) in [6.07, 6.45) is -0.356. The highest BCUT2D eigenvalue weighted by atomic mass is 79.9. The predicted octanol–water partition coefficient (Wildman–Crippen LogP) is 3.61. The number of halogens is 2. The fourth-order valence-electron chi connectivity index (χ4n) is 3.39. The molecule has 0 radical (unpaired) electrons. The zero-order valence-electron chi connectivity index (χ0n) is 14.0. The third kappa shape index (κ3) is 3.54. The Hall–Kier alpha value is -0.880. The molecule has 1 aromatic heterocycles. The second-order valence-corrected chi connectivity index (χ2v) is 8.08. The molecule has 24 heavy (non-hydrogen) atoms. The van der Waals surface area contributed by atoms with Crippen molar-refractivity contribution in [2.75, 3.05) is 19.6 Å². The zero-order chi connectivity index (χ0) is 17.3. The molecule has 2 N–H and O–H groups in total. The van der Waals surface area contributed by atoms with E-state index in [9.17, 15) is 5.11 Å². The molecule has 0 amide bonds. The van der Waals surface area contributed by atoms with Crippen molar-refractivity contribution in [3.63, 3.8) is 0 Å². The van der Waals surface area contributed by atoms with Gasteiger partial charge in [-0.3, -0.25) is 0 Å². The van der Waals surface area contributed by atoms with Crippen LogP contribution < -0.4 is 4.90 Å². The Kier molecular flexibility index (Phi) is 5.65. The van der Waals surface area contributed by atoms with E-state index in [-0.39, 0.29) is 6.10 Å². The number of benzene rings is 2. The minimum Gasteiger partial charge on any atom is -0.385 e. The number of aromatic nitrogens is 1. The fraction of sp³-hybridized carbons (Fsp3) is 0.368. The van der Waals surface area contributed by atoms with Crippen molar-refractivity contribution >= 4 is 53.7 Å². The first-order valence-electron chi connectivity index (χ1n) is 8.42. The standard InChI is InChI=1S/C19H22Br2N2O/c1-3-22(4-2)11-15(24)12-23-18-7-5-13(20)9-16(18)17-10-14(21)6-8-19(17)23/h5-10,15,24H,3-4,11-12H2,1-2H3/p+1. The largest absolute Gasteiger partial charge is 0.385 e. The quantitative estimate of drug-likeness (QED) is 0.585. The van der Waals surface area contributed by atoms with E-state index in [1.54, 1.807) is 0 Å². The Labute approximate surface area is 159 Å². The Morgan fingerprint density at radius 3 is 1.92 bits per heavy atom. The molecule has 1 heterocycles. The van der Waals surface area contributed by atoms with Gasteiger partial charge in [0.05, 0.1) is 19.6 Å². The SMILES string of the molecule is CC[NH+](CC)CC(O)Cn1c2ccc(Br)cc2c2cc(Br)ccc21. The van der Waals surface area contributed by atoms with Gasteiger partial charge in [-0.1, -0.05) is 31.9 Å². The first-order valence-corrected chi connectivity index (χ1v) is 10.0. The number of aliphatic hydroxyl groups excluding tert-OH is 1. The van der Waals surface area contributed by atoms with Crippen LogP contribution in [-0.4, -0.2) is 35.4 Å². The Balaban J connectivity index is 2.05. The van der Waals surface area contributed by atoms with Crippen LogP contribution in [0.1, 0.15) is 13.8 Å². The van der Waals surface area contributed by atoms with E-state index in [4.69, 9.17) is 0 Å². The van der Waals surface area contributed by atoms with Crippen molar-refractivity contribution in [2.24, 2.45) is 0 Å². The molecule has 128 valence electrons. The number of rotatable bonds is 6. The van der Waals surface area contributed by atoms with Crippen LogP contribution >= 0.6 is 31.9 Å². The van der Waals surface area contributed by atoms with Crippen LogP contribution in [0.4, 0.5) is 0 Å². The molecule has 3 rings (SSSR count). The molecule has 3 aromatic rings. The summed E-state index contributed by atoms with van der Waals surface area (Å²) in [5, 5.41) is 13.0. The number of hydrogen-bond donors (Lipinski definition) is 2. The van der Waals surface area contributed by atoms with Crippen molar-refractivity contribution in [2.45, 2.75) is 26.5 Å². The molecular formula is C19H23Br2N2O+. The molecule has 5 heteroatoms. The van der Waals surface area contributed by atoms with Gasteiger partial charge in [-0.2, -0.15) is 0 Å². The van der Waals surface area contributed by atoms with Crippen LogP contribution in [0, 0.1) is 0 Å². The molecule has 1 unspecified atom stereocenters. The normalized spacial score (nSPS) is 13.2. The minimum absolute atomic E-state index is 0.356. The van der Waals surface area contributed by atoms with Crippen molar-refractivity contribution in [1.29, 1.82) is 0 Å². The van der Waals surface area contributed by atoms with E-state index in [2.05, 4.69) is 86.7 Å². The van der Waals surface area contributed by atoms with E-state index < -0.39 is 0 Å². The van der Waals surface area contributed by atoms with Crippen LogP contribution in [0.15, 0.2) is 45.3 Å². The van der Waals surface area contributed by atoms with Gasteiger partial charge >= 0.3 is 0 Å². The number of quaternary nitrogens is 1. The molecule has 0 aliphatic carbocycles. The average molecular weight is 455 g/mol. The monoisotopic (exact) mass is 453 g/mol. The van der Waals surface area contributed by atoms with Crippen molar-refractivity contribution in [1.82, 2.24) is 4.57 Å². The number of likely N-dealkylation sites (N-methyl/N-ethyl adjacent to an activating group) is 1. The van der Waals surface area contributed by atoms with Gasteiger partial charge < -0.3 is 14.6 Å². The lowest BCUT2D eigenvalue weighted by atomic mass is 10.2. The highest BCUT2D eigenvalue weighted by Gasteiger charge is 2.17. The fourth-order valence-corrected chi connectivity index (χ4v) is 4.11.